The molecule has 0 heterocycles. The van der Waals surface area contributed by atoms with Crippen LogP contribution < -0.4 is 0 Å². The molecule has 102 valence electrons. The molecule has 0 aromatic heterocycles. The van der Waals surface area contributed by atoms with Crippen molar-refractivity contribution >= 4 is 0 Å². The van der Waals surface area contributed by atoms with Gasteiger partial charge in [0, 0.05) is 16.7 Å². The smallest absolute Gasteiger partial charge is 0.120 e. The predicted molar refractivity (Wildman–Crippen MR) is 80.7 cm³/mol. The highest BCUT2D eigenvalue weighted by molar-refractivity contribution is 5.51. The predicted octanol–water partition coefficient (Wildman–Crippen LogP) is 1.91. The fourth-order valence-corrected chi connectivity index (χ4v) is 1.31. The highest BCUT2D eigenvalue weighted by atomic mass is 16.3. The van der Waals surface area contributed by atoms with Gasteiger partial charge in [-0.1, -0.05) is 29.6 Å². The summed E-state index contributed by atoms with van der Waals surface area (Å²) < 4.78 is 0. The third-order valence-electron chi connectivity index (χ3n) is 2.13. The Morgan fingerprint density at radius 2 is 1.15 bits per heavy atom. The molecular weight excluding hydrogens is 248 g/mol. The first-order chi connectivity index (χ1) is 9.09. The van der Waals surface area contributed by atoms with Crippen LogP contribution in [0.15, 0.2) is 18.2 Å². The van der Waals surface area contributed by atoms with Crippen LogP contribution in [0.3, 0.4) is 0 Å². The minimum absolute atomic E-state index is 0.660. The highest BCUT2D eigenvalue weighted by Gasteiger charge is 2.07. The summed E-state index contributed by atoms with van der Waals surface area (Å²) in [5, 5.41) is 19.2. The first-order valence-corrected chi connectivity index (χ1v) is 6.22. The van der Waals surface area contributed by atoms with Crippen molar-refractivity contribution < 1.29 is 10.2 Å². The van der Waals surface area contributed by atoms with Gasteiger partial charge in [0.15, 0.2) is 0 Å². The van der Waals surface area contributed by atoms with Crippen molar-refractivity contribution in [2.24, 2.45) is 0 Å². The van der Waals surface area contributed by atoms with Gasteiger partial charge in [0.2, 0.25) is 0 Å². The summed E-state index contributed by atoms with van der Waals surface area (Å²) in [6.45, 7) is 6.44. The highest BCUT2D eigenvalue weighted by Crippen LogP contribution is 2.10. The van der Waals surface area contributed by atoms with E-state index in [-0.39, 0.29) is 0 Å². The molecule has 0 atom stereocenters. The Bertz CT molecular complexity index is 604. The van der Waals surface area contributed by atoms with E-state index in [0.29, 0.717) is 16.7 Å². The van der Waals surface area contributed by atoms with Gasteiger partial charge in [-0.05, 0) is 45.9 Å². The molecule has 1 aromatic rings. The molecule has 0 amide bonds. The van der Waals surface area contributed by atoms with Crippen molar-refractivity contribution in [1.29, 1.82) is 0 Å². The van der Waals surface area contributed by atoms with E-state index in [1.165, 1.54) is 0 Å². The lowest BCUT2D eigenvalue weighted by Gasteiger charge is -2.07. The zero-order valence-electron chi connectivity index (χ0n) is 12.2. The minimum Gasteiger partial charge on any atom is -0.378 e. The molecule has 2 N–H and O–H groups in total. The van der Waals surface area contributed by atoms with Crippen molar-refractivity contribution in [1.82, 2.24) is 0 Å². The van der Waals surface area contributed by atoms with Crippen LogP contribution in [0.5, 0.6) is 0 Å². The third-order valence-corrected chi connectivity index (χ3v) is 2.13. The molecule has 1 rings (SSSR count). The van der Waals surface area contributed by atoms with E-state index in [0.717, 1.165) is 0 Å². The minimum atomic E-state index is -1.06. The van der Waals surface area contributed by atoms with Gasteiger partial charge < -0.3 is 10.2 Å². The standard InChI is InChI=1S/C18H18O2/c1-6-14-11-15(7-9-17(2,3)19)13-16(12-14)8-10-18(4,5)20/h1,11-13,19-20H,2-5H3. The van der Waals surface area contributed by atoms with Crippen LogP contribution in [0.1, 0.15) is 44.4 Å². The van der Waals surface area contributed by atoms with Crippen LogP contribution in [0.2, 0.25) is 0 Å². The summed E-state index contributed by atoms with van der Waals surface area (Å²) in [7, 11) is 0. The molecule has 0 aliphatic rings. The topological polar surface area (TPSA) is 40.5 Å². The van der Waals surface area contributed by atoms with Gasteiger partial charge in [0.1, 0.15) is 11.2 Å². The fraction of sp³-hybridized carbons (Fsp3) is 0.333. The Hall–Kier alpha value is -2.18. The van der Waals surface area contributed by atoms with Crippen LogP contribution in [-0.2, 0) is 0 Å². The van der Waals surface area contributed by atoms with Gasteiger partial charge in [0.05, 0.1) is 0 Å². The number of hydrogen-bond acceptors (Lipinski definition) is 2. The molecular formula is C18H18O2. The van der Waals surface area contributed by atoms with Crippen molar-refractivity contribution in [3.05, 3.63) is 34.9 Å². The van der Waals surface area contributed by atoms with Crippen molar-refractivity contribution in [3.63, 3.8) is 0 Å². The second-order valence-electron chi connectivity index (χ2n) is 5.56. The maximum atomic E-state index is 9.61. The Labute approximate surface area is 120 Å². The Morgan fingerprint density at radius 1 is 0.800 bits per heavy atom. The second-order valence-corrected chi connectivity index (χ2v) is 5.56. The van der Waals surface area contributed by atoms with Gasteiger partial charge in [-0.2, -0.15) is 0 Å². The first-order valence-electron chi connectivity index (χ1n) is 6.22. The fourth-order valence-electron chi connectivity index (χ4n) is 1.31. The van der Waals surface area contributed by atoms with Crippen LogP contribution in [0, 0.1) is 36.0 Å². The summed E-state index contributed by atoms with van der Waals surface area (Å²) in [5.74, 6) is 13.7. The molecule has 1 aromatic carbocycles. The van der Waals surface area contributed by atoms with E-state index in [2.05, 4.69) is 29.6 Å². The molecule has 0 radical (unpaired) electrons. The Kier molecular flexibility index (Phi) is 4.65. The number of hydrogen-bond donors (Lipinski definition) is 2. The van der Waals surface area contributed by atoms with Gasteiger partial charge in [-0.15, -0.1) is 6.42 Å². The summed E-state index contributed by atoms with van der Waals surface area (Å²) in [6, 6.07) is 5.29. The maximum absolute atomic E-state index is 9.61. The lowest BCUT2D eigenvalue weighted by atomic mass is 10.0. The molecule has 0 aliphatic heterocycles. The van der Waals surface area contributed by atoms with Gasteiger partial charge >= 0.3 is 0 Å². The van der Waals surface area contributed by atoms with E-state index in [1.54, 1.807) is 45.9 Å². The lowest BCUT2D eigenvalue weighted by Crippen LogP contribution is -2.14. The van der Waals surface area contributed by atoms with E-state index in [9.17, 15) is 10.2 Å². The molecule has 0 fully saturated rings. The molecule has 0 saturated heterocycles. The summed E-state index contributed by atoms with van der Waals surface area (Å²) in [4.78, 5) is 0. The van der Waals surface area contributed by atoms with Crippen LogP contribution >= 0.6 is 0 Å². The number of terminal acetylenes is 1. The zero-order chi connectivity index (χ0) is 15.4. The lowest BCUT2D eigenvalue weighted by molar-refractivity contribution is 0.143. The normalized spacial score (nSPS) is 10.7. The monoisotopic (exact) mass is 266 g/mol. The van der Waals surface area contributed by atoms with E-state index in [1.807, 2.05) is 0 Å². The van der Waals surface area contributed by atoms with Gasteiger partial charge in [-0.3, -0.25) is 0 Å². The summed E-state index contributed by atoms with van der Waals surface area (Å²) in [6.07, 6.45) is 5.41. The summed E-state index contributed by atoms with van der Waals surface area (Å²) >= 11 is 0. The molecule has 0 aliphatic carbocycles. The molecule has 2 heteroatoms. The Morgan fingerprint density at radius 3 is 1.45 bits per heavy atom. The molecule has 2 nitrogen and oxygen atoms in total. The largest absolute Gasteiger partial charge is 0.378 e. The molecule has 0 bridgehead atoms. The van der Waals surface area contributed by atoms with Crippen LogP contribution in [0.4, 0.5) is 0 Å². The number of aliphatic hydroxyl groups is 2. The van der Waals surface area contributed by atoms with E-state index >= 15 is 0 Å². The van der Waals surface area contributed by atoms with Crippen molar-refractivity contribution in [3.8, 4) is 36.0 Å². The van der Waals surface area contributed by atoms with Crippen molar-refractivity contribution in [2.75, 3.05) is 0 Å². The van der Waals surface area contributed by atoms with Crippen LogP contribution in [0.25, 0.3) is 0 Å². The second kappa shape index (κ2) is 5.85. The summed E-state index contributed by atoms with van der Waals surface area (Å²) in [5.41, 5.74) is -0.103. The third kappa shape index (κ3) is 6.12. The van der Waals surface area contributed by atoms with Gasteiger partial charge in [0.25, 0.3) is 0 Å². The molecule has 0 spiro atoms. The number of rotatable bonds is 0. The molecule has 0 saturated carbocycles. The molecule has 0 unspecified atom stereocenters. The van der Waals surface area contributed by atoms with E-state index < -0.39 is 11.2 Å². The average molecular weight is 266 g/mol. The number of benzene rings is 1. The SMILES string of the molecule is C#Cc1cc(C#CC(C)(C)O)cc(C#CC(C)(C)O)c1. The van der Waals surface area contributed by atoms with Crippen LogP contribution in [-0.4, -0.2) is 21.4 Å². The maximum Gasteiger partial charge on any atom is 0.120 e. The van der Waals surface area contributed by atoms with Gasteiger partial charge in [-0.25, -0.2) is 0 Å². The quantitative estimate of drug-likeness (QED) is 0.704. The Balaban J connectivity index is 3.25. The van der Waals surface area contributed by atoms with Crippen molar-refractivity contribution in [2.45, 2.75) is 38.9 Å². The van der Waals surface area contributed by atoms with E-state index in [4.69, 9.17) is 6.42 Å². The first kappa shape index (κ1) is 15.9. The average Bonchev–Trinajstić information content (AvgIpc) is 2.32. The zero-order valence-corrected chi connectivity index (χ0v) is 12.2. The molecule has 20 heavy (non-hydrogen) atoms.